The molecule has 4 heteroatoms. The highest BCUT2D eigenvalue weighted by Gasteiger charge is 2.29. The molecule has 1 heterocycles. The molecule has 1 rings (SSSR count). The molecule has 0 spiro atoms. The van der Waals surface area contributed by atoms with Crippen molar-refractivity contribution in [1.29, 1.82) is 0 Å². The standard InChI is InChI=1S/C11H15Br2ClS/c1-6(11(2,3)4)9(14)8-5-7(12)10(13)15-8/h5-6,9H,1-4H3. The molecule has 0 aliphatic heterocycles. The molecule has 0 nitrogen and oxygen atoms in total. The van der Waals surface area contributed by atoms with Crippen LogP contribution in [0.5, 0.6) is 0 Å². The van der Waals surface area contributed by atoms with Crippen molar-refractivity contribution in [3.8, 4) is 0 Å². The molecule has 15 heavy (non-hydrogen) atoms. The molecule has 0 fully saturated rings. The van der Waals surface area contributed by atoms with Gasteiger partial charge in [0.05, 0.1) is 9.16 Å². The molecule has 1 aromatic rings. The second kappa shape index (κ2) is 5.07. The van der Waals surface area contributed by atoms with Crippen molar-refractivity contribution in [3.63, 3.8) is 0 Å². The SMILES string of the molecule is CC(C(Cl)c1cc(Br)c(Br)s1)C(C)(C)C. The van der Waals surface area contributed by atoms with Crippen LogP contribution in [-0.4, -0.2) is 0 Å². The first-order valence-electron chi connectivity index (χ1n) is 4.82. The summed E-state index contributed by atoms with van der Waals surface area (Å²) in [5.74, 6) is 0.441. The zero-order valence-corrected chi connectivity index (χ0v) is 14.0. The topological polar surface area (TPSA) is 0 Å². The highest BCUT2D eigenvalue weighted by atomic mass is 79.9. The maximum Gasteiger partial charge on any atom is 0.0843 e. The summed E-state index contributed by atoms with van der Waals surface area (Å²) >= 11 is 15.2. The molecule has 86 valence electrons. The quantitative estimate of drug-likeness (QED) is 0.538. The van der Waals surface area contributed by atoms with Crippen LogP contribution >= 0.6 is 54.8 Å². The molecule has 0 bridgehead atoms. The summed E-state index contributed by atoms with van der Waals surface area (Å²) in [6, 6.07) is 2.11. The molecule has 0 aliphatic carbocycles. The number of halogens is 3. The van der Waals surface area contributed by atoms with Gasteiger partial charge in [-0.15, -0.1) is 22.9 Å². The first-order chi connectivity index (χ1) is 6.73. The van der Waals surface area contributed by atoms with Crippen LogP contribution in [0.15, 0.2) is 14.3 Å². The molecule has 0 N–H and O–H groups in total. The van der Waals surface area contributed by atoms with Crippen molar-refractivity contribution in [2.45, 2.75) is 33.1 Å². The third kappa shape index (κ3) is 3.45. The molecule has 1 aromatic heterocycles. The zero-order valence-electron chi connectivity index (χ0n) is 9.27. The Labute approximate surface area is 118 Å². The first kappa shape index (κ1) is 14.0. The number of alkyl halides is 1. The van der Waals surface area contributed by atoms with E-state index in [1.807, 2.05) is 0 Å². The van der Waals surface area contributed by atoms with Gasteiger partial charge in [0.1, 0.15) is 0 Å². The number of thiophene rings is 1. The van der Waals surface area contributed by atoms with Crippen molar-refractivity contribution < 1.29 is 0 Å². The average molecular weight is 375 g/mol. The van der Waals surface area contributed by atoms with E-state index in [0.717, 1.165) is 8.26 Å². The number of hydrogen-bond acceptors (Lipinski definition) is 1. The monoisotopic (exact) mass is 372 g/mol. The van der Waals surface area contributed by atoms with E-state index < -0.39 is 0 Å². The minimum absolute atomic E-state index is 0.0811. The van der Waals surface area contributed by atoms with Gasteiger partial charge in [0.15, 0.2) is 0 Å². The lowest BCUT2D eigenvalue weighted by molar-refractivity contribution is 0.255. The Balaban J connectivity index is 2.90. The molecule has 0 saturated heterocycles. The summed E-state index contributed by atoms with van der Waals surface area (Å²) in [5, 5.41) is 0.0811. The van der Waals surface area contributed by atoms with Gasteiger partial charge < -0.3 is 0 Å². The summed E-state index contributed by atoms with van der Waals surface area (Å²) in [7, 11) is 0. The van der Waals surface area contributed by atoms with Gasteiger partial charge in [0, 0.05) is 9.35 Å². The van der Waals surface area contributed by atoms with Crippen LogP contribution in [0.4, 0.5) is 0 Å². The maximum absolute atomic E-state index is 6.50. The van der Waals surface area contributed by atoms with Gasteiger partial charge in [-0.05, 0) is 49.3 Å². The van der Waals surface area contributed by atoms with Crippen molar-refractivity contribution >= 4 is 54.8 Å². The normalized spacial score (nSPS) is 16.5. The van der Waals surface area contributed by atoms with Gasteiger partial charge in [-0.2, -0.15) is 0 Å². The molecule has 0 aliphatic rings. The minimum Gasteiger partial charge on any atom is -0.130 e. The summed E-state index contributed by atoms with van der Waals surface area (Å²) in [6.45, 7) is 8.89. The van der Waals surface area contributed by atoms with E-state index in [1.54, 1.807) is 11.3 Å². The van der Waals surface area contributed by atoms with Crippen molar-refractivity contribution in [1.82, 2.24) is 0 Å². The third-order valence-electron chi connectivity index (χ3n) is 2.74. The third-order valence-corrected chi connectivity index (χ3v) is 6.82. The van der Waals surface area contributed by atoms with E-state index in [9.17, 15) is 0 Å². The molecule has 0 saturated carbocycles. The van der Waals surface area contributed by atoms with Crippen LogP contribution < -0.4 is 0 Å². The Morgan fingerprint density at radius 1 is 1.33 bits per heavy atom. The maximum atomic E-state index is 6.50. The summed E-state index contributed by atoms with van der Waals surface area (Å²) < 4.78 is 2.21. The number of rotatable bonds is 2. The second-order valence-electron chi connectivity index (χ2n) is 4.83. The fourth-order valence-corrected chi connectivity index (χ4v) is 3.93. The van der Waals surface area contributed by atoms with Crippen molar-refractivity contribution in [3.05, 3.63) is 19.2 Å². The molecular weight excluding hydrogens is 359 g/mol. The molecule has 2 unspecified atom stereocenters. The predicted molar refractivity (Wildman–Crippen MR) is 76.9 cm³/mol. The molecule has 0 aromatic carbocycles. The smallest absolute Gasteiger partial charge is 0.0843 e. The van der Waals surface area contributed by atoms with Crippen molar-refractivity contribution in [2.75, 3.05) is 0 Å². The van der Waals surface area contributed by atoms with Crippen LogP contribution in [0.25, 0.3) is 0 Å². The average Bonchev–Trinajstić information content (AvgIpc) is 2.43. The van der Waals surface area contributed by atoms with E-state index in [1.165, 1.54) is 4.88 Å². The van der Waals surface area contributed by atoms with Crippen LogP contribution in [0.3, 0.4) is 0 Å². The van der Waals surface area contributed by atoms with E-state index >= 15 is 0 Å². The lowest BCUT2D eigenvalue weighted by atomic mass is 9.79. The lowest BCUT2D eigenvalue weighted by Crippen LogP contribution is -2.21. The van der Waals surface area contributed by atoms with Crippen LogP contribution in [-0.2, 0) is 0 Å². The van der Waals surface area contributed by atoms with Gasteiger partial charge >= 0.3 is 0 Å². The lowest BCUT2D eigenvalue weighted by Gasteiger charge is -2.30. The Kier molecular flexibility index (Phi) is 4.74. The van der Waals surface area contributed by atoms with E-state index in [-0.39, 0.29) is 10.8 Å². The summed E-state index contributed by atoms with van der Waals surface area (Å²) in [6.07, 6.45) is 0. The zero-order chi connectivity index (χ0) is 11.8. The van der Waals surface area contributed by atoms with Crippen LogP contribution in [0.2, 0.25) is 0 Å². The van der Waals surface area contributed by atoms with E-state index in [4.69, 9.17) is 11.6 Å². The Morgan fingerprint density at radius 2 is 1.87 bits per heavy atom. The molecule has 0 radical (unpaired) electrons. The van der Waals surface area contributed by atoms with Crippen LogP contribution in [0.1, 0.15) is 37.9 Å². The van der Waals surface area contributed by atoms with E-state index in [0.29, 0.717) is 5.92 Å². The van der Waals surface area contributed by atoms with Gasteiger partial charge in [0.25, 0.3) is 0 Å². The Bertz CT molecular complexity index is 321. The molecule has 0 amide bonds. The summed E-state index contributed by atoms with van der Waals surface area (Å²) in [5.41, 5.74) is 0.232. The van der Waals surface area contributed by atoms with Crippen molar-refractivity contribution in [2.24, 2.45) is 11.3 Å². The summed E-state index contributed by atoms with van der Waals surface area (Å²) in [4.78, 5) is 1.22. The fraction of sp³-hybridized carbons (Fsp3) is 0.636. The predicted octanol–water partition coefficient (Wildman–Crippen LogP) is 6.24. The van der Waals surface area contributed by atoms with Gasteiger partial charge in [-0.25, -0.2) is 0 Å². The highest BCUT2D eigenvalue weighted by molar-refractivity contribution is 9.13. The molecular formula is C11H15Br2ClS. The fourth-order valence-electron chi connectivity index (χ4n) is 1.18. The van der Waals surface area contributed by atoms with Crippen LogP contribution in [0, 0.1) is 11.3 Å². The van der Waals surface area contributed by atoms with Gasteiger partial charge in [-0.3, -0.25) is 0 Å². The largest absolute Gasteiger partial charge is 0.130 e. The second-order valence-corrected chi connectivity index (χ2v) is 8.55. The molecule has 2 atom stereocenters. The van der Waals surface area contributed by atoms with Gasteiger partial charge in [0.2, 0.25) is 0 Å². The first-order valence-corrected chi connectivity index (χ1v) is 7.66. The Morgan fingerprint density at radius 3 is 2.20 bits per heavy atom. The number of hydrogen-bond donors (Lipinski definition) is 0. The van der Waals surface area contributed by atoms with Gasteiger partial charge in [-0.1, -0.05) is 27.7 Å². The minimum atomic E-state index is 0.0811. The highest BCUT2D eigenvalue weighted by Crippen LogP contribution is 2.45. The van der Waals surface area contributed by atoms with E-state index in [2.05, 4.69) is 65.6 Å². The Hall–Kier alpha value is 0.950.